The van der Waals surface area contributed by atoms with Crippen LogP contribution in [0.2, 0.25) is 0 Å². The highest BCUT2D eigenvalue weighted by Crippen LogP contribution is 2.41. The van der Waals surface area contributed by atoms with Gasteiger partial charge in [-0.25, -0.2) is 0 Å². The van der Waals surface area contributed by atoms with Crippen LogP contribution in [0.25, 0.3) is 87.3 Å². The van der Waals surface area contributed by atoms with E-state index in [1.54, 1.807) is 0 Å². The van der Waals surface area contributed by atoms with Gasteiger partial charge < -0.3 is 9.32 Å². The number of hydrogen-bond donors (Lipinski definition) is 0. The lowest BCUT2D eigenvalue weighted by atomic mass is 9.94. The number of benzene rings is 10. The highest BCUT2D eigenvalue weighted by Gasteiger charge is 2.17. The van der Waals surface area contributed by atoms with Gasteiger partial charge in [0.1, 0.15) is 11.2 Å². The third-order valence-corrected chi connectivity index (χ3v) is 11.0. The monoisotopic (exact) mass is 687 g/mol. The van der Waals surface area contributed by atoms with E-state index in [-0.39, 0.29) is 0 Å². The molecule has 0 unspecified atom stereocenters. The molecule has 0 fully saturated rings. The van der Waals surface area contributed by atoms with Crippen LogP contribution < -0.4 is 4.90 Å². The van der Waals surface area contributed by atoms with Gasteiger partial charge in [0.2, 0.25) is 0 Å². The standard InChI is InChI=1S/C52H33NO/c1-2-8-34(9-3-1)35-18-23-43(24-19-35)53(45-27-29-50-49(33-45)48-31-39-11-4-5-12-40(39)32-51(48)54-50)44-25-20-36(21-26-44)41-22-28-47-42(30-41)17-16-38-15-14-37-10-6-7-13-46(37)52(38)47/h1-33H. The van der Waals surface area contributed by atoms with Crippen LogP contribution in [0.3, 0.4) is 0 Å². The first-order valence-electron chi connectivity index (χ1n) is 18.5. The first kappa shape index (κ1) is 30.5. The van der Waals surface area contributed by atoms with E-state index in [1.165, 1.54) is 65.3 Å². The predicted octanol–water partition coefficient (Wildman–Crippen LogP) is 15.0. The molecule has 0 N–H and O–H groups in total. The second-order valence-corrected chi connectivity index (χ2v) is 14.2. The van der Waals surface area contributed by atoms with Crippen molar-refractivity contribution < 1.29 is 4.42 Å². The van der Waals surface area contributed by atoms with Crippen LogP contribution in [-0.2, 0) is 0 Å². The summed E-state index contributed by atoms with van der Waals surface area (Å²) in [6.45, 7) is 0. The van der Waals surface area contributed by atoms with Crippen molar-refractivity contribution in [1.82, 2.24) is 0 Å². The van der Waals surface area contributed by atoms with E-state index in [1.807, 2.05) is 0 Å². The summed E-state index contributed by atoms with van der Waals surface area (Å²) in [7, 11) is 0. The molecule has 0 saturated heterocycles. The van der Waals surface area contributed by atoms with Crippen LogP contribution in [0.5, 0.6) is 0 Å². The Morgan fingerprint density at radius 1 is 0.278 bits per heavy atom. The van der Waals surface area contributed by atoms with Crippen molar-refractivity contribution in [3.05, 3.63) is 200 Å². The molecule has 0 aliphatic carbocycles. The predicted molar refractivity (Wildman–Crippen MR) is 229 cm³/mol. The minimum Gasteiger partial charge on any atom is -0.456 e. The number of hydrogen-bond acceptors (Lipinski definition) is 2. The molecule has 0 saturated carbocycles. The minimum absolute atomic E-state index is 0.885. The molecule has 10 aromatic carbocycles. The van der Waals surface area contributed by atoms with Gasteiger partial charge in [0.05, 0.1) is 0 Å². The van der Waals surface area contributed by atoms with Crippen LogP contribution in [0, 0.1) is 0 Å². The summed E-state index contributed by atoms with van der Waals surface area (Å²) in [5.41, 5.74) is 9.81. The van der Waals surface area contributed by atoms with Gasteiger partial charge in [-0.3, -0.25) is 0 Å². The Morgan fingerprint density at radius 3 is 1.57 bits per heavy atom. The molecule has 0 aliphatic heterocycles. The largest absolute Gasteiger partial charge is 0.456 e. The van der Waals surface area contributed by atoms with E-state index in [0.717, 1.165) is 39.0 Å². The number of nitrogens with zero attached hydrogens (tertiary/aromatic N) is 1. The third-order valence-electron chi connectivity index (χ3n) is 11.0. The molecule has 11 rings (SSSR count). The molecular formula is C52H33NO. The fraction of sp³-hybridized carbons (Fsp3) is 0. The Bertz CT molecular complexity index is 3190. The zero-order valence-electron chi connectivity index (χ0n) is 29.4. The summed E-state index contributed by atoms with van der Waals surface area (Å²) in [5.74, 6) is 0. The van der Waals surface area contributed by atoms with Crippen molar-refractivity contribution in [2.45, 2.75) is 0 Å². The summed E-state index contributed by atoms with van der Waals surface area (Å²) in [4.78, 5) is 2.34. The SMILES string of the molecule is c1ccc(-c2ccc(N(c3ccc(-c4ccc5c(ccc6ccc7ccccc7c65)c4)cc3)c3ccc4oc5cc6ccccc6cc5c4c3)cc2)cc1. The van der Waals surface area contributed by atoms with E-state index in [0.29, 0.717) is 0 Å². The lowest BCUT2D eigenvalue weighted by molar-refractivity contribution is 0.669. The van der Waals surface area contributed by atoms with Gasteiger partial charge in [-0.2, -0.15) is 0 Å². The van der Waals surface area contributed by atoms with Crippen LogP contribution in [-0.4, -0.2) is 0 Å². The Kier molecular flexibility index (Phi) is 6.90. The molecule has 11 aromatic rings. The average molecular weight is 688 g/mol. The molecule has 0 amide bonds. The van der Waals surface area contributed by atoms with E-state index >= 15 is 0 Å². The molecule has 0 bridgehead atoms. The molecular weight excluding hydrogens is 655 g/mol. The van der Waals surface area contributed by atoms with Gasteiger partial charge in [0.15, 0.2) is 0 Å². The average Bonchev–Trinajstić information content (AvgIpc) is 3.60. The normalized spacial score (nSPS) is 11.7. The number of fused-ring (bicyclic) bond motifs is 9. The molecule has 0 atom stereocenters. The fourth-order valence-corrected chi connectivity index (χ4v) is 8.29. The molecule has 1 aromatic heterocycles. The molecule has 0 spiro atoms. The van der Waals surface area contributed by atoms with Crippen molar-refractivity contribution in [3.8, 4) is 22.3 Å². The molecule has 2 heteroatoms. The Hall–Kier alpha value is -7.16. The maximum Gasteiger partial charge on any atom is 0.136 e. The Labute approximate surface area is 312 Å². The molecule has 0 radical (unpaired) electrons. The second kappa shape index (κ2) is 12.2. The molecule has 252 valence electrons. The third kappa shape index (κ3) is 5.03. The van der Waals surface area contributed by atoms with Crippen molar-refractivity contribution in [2.75, 3.05) is 4.90 Å². The van der Waals surface area contributed by atoms with Gasteiger partial charge in [0.25, 0.3) is 0 Å². The molecule has 54 heavy (non-hydrogen) atoms. The summed E-state index contributed by atoms with van der Waals surface area (Å²) < 4.78 is 6.39. The summed E-state index contributed by atoms with van der Waals surface area (Å²) in [6.07, 6.45) is 0. The number of anilines is 3. The Morgan fingerprint density at radius 2 is 0.815 bits per heavy atom. The van der Waals surface area contributed by atoms with Gasteiger partial charge in [-0.15, -0.1) is 0 Å². The quantitative estimate of drug-likeness (QED) is 0.168. The van der Waals surface area contributed by atoms with Crippen molar-refractivity contribution in [1.29, 1.82) is 0 Å². The van der Waals surface area contributed by atoms with E-state index in [4.69, 9.17) is 4.42 Å². The molecule has 1 heterocycles. The molecule has 2 nitrogen and oxygen atoms in total. The second-order valence-electron chi connectivity index (χ2n) is 14.2. The van der Waals surface area contributed by atoms with Gasteiger partial charge in [-0.05, 0) is 126 Å². The lowest BCUT2D eigenvalue weighted by Gasteiger charge is -2.26. The smallest absolute Gasteiger partial charge is 0.136 e. The lowest BCUT2D eigenvalue weighted by Crippen LogP contribution is -2.09. The van der Waals surface area contributed by atoms with Crippen molar-refractivity contribution >= 4 is 82.1 Å². The van der Waals surface area contributed by atoms with E-state index in [9.17, 15) is 0 Å². The van der Waals surface area contributed by atoms with E-state index < -0.39 is 0 Å². The minimum atomic E-state index is 0.885. The van der Waals surface area contributed by atoms with Crippen molar-refractivity contribution in [3.63, 3.8) is 0 Å². The topological polar surface area (TPSA) is 16.4 Å². The summed E-state index contributed by atoms with van der Waals surface area (Å²) in [6, 6.07) is 72.3. The zero-order chi connectivity index (χ0) is 35.6. The summed E-state index contributed by atoms with van der Waals surface area (Å²) in [5, 5.41) is 12.3. The number of rotatable bonds is 5. The molecule has 0 aliphatic rings. The van der Waals surface area contributed by atoms with Gasteiger partial charge >= 0.3 is 0 Å². The number of furan rings is 1. The Balaban J connectivity index is 1.02. The van der Waals surface area contributed by atoms with Crippen molar-refractivity contribution in [2.24, 2.45) is 0 Å². The van der Waals surface area contributed by atoms with Crippen LogP contribution in [0.15, 0.2) is 205 Å². The van der Waals surface area contributed by atoms with Crippen LogP contribution in [0.1, 0.15) is 0 Å². The highest BCUT2D eigenvalue weighted by molar-refractivity contribution is 6.20. The van der Waals surface area contributed by atoms with Crippen LogP contribution >= 0.6 is 0 Å². The summed E-state index contributed by atoms with van der Waals surface area (Å²) >= 11 is 0. The van der Waals surface area contributed by atoms with Gasteiger partial charge in [0, 0.05) is 27.8 Å². The highest BCUT2D eigenvalue weighted by atomic mass is 16.3. The maximum atomic E-state index is 6.39. The van der Waals surface area contributed by atoms with Crippen LogP contribution in [0.4, 0.5) is 17.1 Å². The van der Waals surface area contributed by atoms with Gasteiger partial charge in [-0.1, -0.05) is 140 Å². The first-order valence-corrected chi connectivity index (χ1v) is 18.5. The first-order chi connectivity index (χ1) is 26.7. The maximum absolute atomic E-state index is 6.39. The van der Waals surface area contributed by atoms with E-state index in [2.05, 4.69) is 205 Å². The fourth-order valence-electron chi connectivity index (χ4n) is 8.29. The zero-order valence-corrected chi connectivity index (χ0v) is 29.4.